The third-order valence-corrected chi connectivity index (χ3v) is 13.5. The molecule has 11 heteroatoms. The molecule has 1 heterocycles. The molecule has 0 bridgehead atoms. The van der Waals surface area contributed by atoms with Crippen LogP contribution in [0, 0.1) is 0 Å². The number of ether oxygens (including phenoxy) is 3. The highest BCUT2D eigenvalue weighted by Gasteiger charge is 2.47. The number of hydrogen-bond donors (Lipinski definition) is 6. The molecular weight excluding hydrogens is 991 g/mol. The van der Waals surface area contributed by atoms with Crippen molar-refractivity contribution in [3.05, 3.63) is 134 Å². The summed E-state index contributed by atoms with van der Waals surface area (Å²) in [6.45, 7) is 5.50. The molecule has 11 nitrogen and oxygen atoms in total. The van der Waals surface area contributed by atoms with Crippen LogP contribution >= 0.6 is 0 Å². The second-order valence-electron chi connectivity index (χ2n) is 20.7. The van der Waals surface area contributed by atoms with Gasteiger partial charge in [0.2, 0.25) is 5.91 Å². The molecule has 8 unspecified atom stereocenters. The van der Waals surface area contributed by atoms with E-state index in [0.29, 0.717) is 19.3 Å². The molecule has 0 aliphatic carbocycles. The largest absolute Gasteiger partial charge is 0.454 e. The molecule has 0 aromatic carbocycles. The van der Waals surface area contributed by atoms with Crippen molar-refractivity contribution in [2.24, 2.45) is 0 Å². The van der Waals surface area contributed by atoms with E-state index in [2.05, 4.69) is 135 Å². The first-order chi connectivity index (χ1) is 38.7. The lowest BCUT2D eigenvalue weighted by atomic mass is 9.99. The Morgan fingerprint density at radius 3 is 1.37 bits per heavy atom. The summed E-state index contributed by atoms with van der Waals surface area (Å²) in [5, 5.41) is 57.0. The van der Waals surface area contributed by atoms with Crippen molar-refractivity contribution in [2.75, 3.05) is 13.2 Å². The Hall–Kier alpha value is -4.20. The minimum Gasteiger partial charge on any atom is -0.454 e. The summed E-state index contributed by atoms with van der Waals surface area (Å²) in [7, 11) is 0. The average Bonchev–Trinajstić information content (AvgIpc) is 3.49. The molecule has 8 atom stereocenters. The van der Waals surface area contributed by atoms with Crippen molar-refractivity contribution in [1.29, 1.82) is 0 Å². The van der Waals surface area contributed by atoms with E-state index in [1.54, 1.807) is 6.08 Å². The first kappa shape index (κ1) is 72.8. The third kappa shape index (κ3) is 42.3. The van der Waals surface area contributed by atoms with Gasteiger partial charge in [0.25, 0.3) is 0 Å². The van der Waals surface area contributed by atoms with Crippen molar-refractivity contribution in [2.45, 2.75) is 269 Å². The van der Waals surface area contributed by atoms with Gasteiger partial charge in [-0.05, 0) is 109 Å². The highest BCUT2D eigenvalue weighted by molar-refractivity contribution is 5.80. The third-order valence-electron chi connectivity index (χ3n) is 13.5. The molecule has 1 amide bonds. The number of allylic oxidation sites excluding steroid dienone is 21. The van der Waals surface area contributed by atoms with Gasteiger partial charge in [-0.15, -0.1) is 0 Å². The molecule has 0 saturated carbocycles. The van der Waals surface area contributed by atoms with Crippen LogP contribution < -0.4 is 5.32 Å². The SMILES string of the molecule is CC/C=C\C/C=C\C/C=C\C/C=C\C/C=C\CCCCCCC(O)C(=O)NC(COC1OC(CO)C(O)C(O)C1OC(=O)CCC/C=C\C/C=C\C/C=C\C/C=C\C/C=C\CC)C(O)/C=C/CCCCCCCCCCCCC. The van der Waals surface area contributed by atoms with Crippen molar-refractivity contribution < 1.29 is 49.3 Å². The van der Waals surface area contributed by atoms with Gasteiger partial charge in [0, 0.05) is 6.42 Å². The zero-order chi connectivity index (χ0) is 57.5. The van der Waals surface area contributed by atoms with Gasteiger partial charge in [-0.3, -0.25) is 9.59 Å². The first-order valence-corrected chi connectivity index (χ1v) is 31.0. The number of unbranched alkanes of at least 4 members (excludes halogenated alkanes) is 16. The van der Waals surface area contributed by atoms with Crippen LogP contribution in [-0.4, -0.2) is 99.6 Å². The minimum absolute atomic E-state index is 0.0350. The van der Waals surface area contributed by atoms with E-state index in [1.807, 2.05) is 18.2 Å². The van der Waals surface area contributed by atoms with Gasteiger partial charge in [-0.1, -0.05) is 238 Å². The first-order valence-electron chi connectivity index (χ1n) is 31.0. The van der Waals surface area contributed by atoms with Gasteiger partial charge in [-0.25, -0.2) is 0 Å². The second-order valence-corrected chi connectivity index (χ2v) is 20.7. The summed E-state index contributed by atoms with van der Waals surface area (Å²) in [6.07, 6.45) is 66.3. The number of carbonyl (C=O) groups excluding carboxylic acids is 2. The van der Waals surface area contributed by atoms with Crippen LogP contribution in [0.15, 0.2) is 134 Å². The molecule has 79 heavy (non-hydrogen) atoms. The van der Waals surface area contributed by atoms with Gasteiger partial charge in [-0.2, -0.15) is 0 Å². The Bertz CT molecular complexity index is 1790. The number of amides is 1. The summed E-state index contributed by atoms with van der Waals surface area (Å²) in [4.78, 5) is 26.5. The molecule has 1 aliphatic heterocycles. The topological polar surface area (TPSA) is 175 Å². The van der Waals surface area contributed by atoms with Crippen LogP contribution in [0.3, 0.4) is 0 Å². The number of rotatable bonds is 50. The van der Waals surface area contributed by atoms with Crippen LogP contribution in [-0.2, 0) is 23.8 Å². The monoisotopic (exact) mass is 1100 g/mol. The molecule has 448 valence electrons. The second kappa shape index (κ2) is 54.4. The lowest BCUT2D eigenvalue weighted by molar-refractivity contribution is -0.305. The van der Waals surface area contributed by atoms with E-state index in [0.717, 1.165) is 116 Å². The number of hydrogen-bond acceptors (Lipinski definition) is 10. The van der Waals surface area contributed by atoms with Crippen molar-refractivity contribution in [1.82, 2.24) is 5.32 Å². The predicted molar refractivity (Wildman–Crippen MR) is 328 cm³/mol. The van der Waals surface area contributed by atoms with Crippen LogP contribution in [0.2, 0.25) is 0 Å². The van der Waals surface area contributed by atoms with Gasteiger partial charge >= 0.3 is 5.97 Å². The molecule has 1 fully saturated rings. The number of esters is 1. The maximum Gasteiger partial charge on any atom is 0.306 e. The fourth-order valence-electron chi connectivity index (χ4n) is 8.71. The summed E-state index contributed by atoms with van der Waals surface area (Å²) in [6, 6.07) is -1.06. The molecule has 1 rings (SSSR count). The Balaban J connectivity index is 2.76. The zero-order valence-electron chi connectivity index (χ0n) is 49.4. The van der Waals surface area contributed by atoms with Crippen LogP contribution in [0.1, 0.15) is 220 Å². The van der Waals surface area contributed by atoms with E-state index < -0.39 is 67.4 Å². The Morgan fingerprint density at radius 2 is 0.911 bits per heavy atom. The Morgan fingerprint density at radius 1 is 0.506 bits per heavy atom. The number of carbonyl (C=O) groups is 2. The Labute approximate surface area is 480 Å². The fourth-order valence-corrected chi connectivity index (χ4v) is 8.71. The summed E-state index contributed by atoms with van der Waals surface area (Å²) >= 11 is 0. The van der Waals surface area contributed by atoms with Gasteiger partial charge in [0.1, 0.15) is 24.4 Å². The lowest BCUT2D eigenvalue weighted by Crippen LogP contribution is -2.61. The molecule has 1 saturated heterocycles. The number of aliphatic hydroxyl groups excluding tert-OH is 5. The molecule has 1 aliphatic rings. The predicted octanol–water partition coefficient (Wildman–Crippen LogP) is 14.8. The standard InChI is InChI=1S/C68H111NO10/c1-4-7-10-13-16-19-22-25-27-29-30-31-33-34-37-40-43-46-49-52-55-61(72)67(76)69-59(60(71)54-51-48-45-42-39-36-24-21-18-15-12-9-6-3)58-77-68-66(65(75)64(74)62(57-70)78-68)79-63(73)56-53-50-47-44-41-38-35-32-28-26-23-20-17-14-11-8-5-2/h7-8,10-11,16-17,19-20,25-28,30-31,34-35,37-38,44,47,51,54,59-62,64-66,68,70-72,74-75H,4-6,9,12-15,18,21-24,29,32-33,36,39-43,45-46,48-50,52-53,55-58H2,1-3H3,(H,69,76)/b10-7-,11-8-,19-16-,20-17-,27-25-,28-26-,31-30-,37-34-,38-35-,47-44-,54-51+. The minimum atomic E-state index is -1.65. The maximum absolute atomic E-state index is 13.4. The van der Waals surface area contributed by atoms with Crippen LogP contribution in [0.25, 0.3) is 0 Å². The van der Waals surface area contributed by atoms with Crippen LogP contribution in [0.4, 0.5) is 0 Å². The molecule has 0 radical (unpaired) electrons. The van der Waals surface area contributed by atoms with Crippen molar-refractivity contribution in [3.63, 3.8) is 0 Å². The maximum atomic E-state index is 13.4. The molecule has 6 N–H and O–H groups in total. The summed E-state index contributed by atoms with van der Waals surface area (Å²) in [5.74, 6) is -1.29. The molecule has 0 aromatic heterocycles. The van der Waals surface area contributed by atoms with Crippen molar-refractivity contribution in [3.8, 4) is 0 Å². The van der Waals surface area contributed by atoms with E-state index in [4.69, 9.17) is 14.2 Å². The summed E-state index contributed by atoms with van der Waals surface area (Å²) in [5.41, 5.74) is 0. The van der Waals surface area contributed by atoms with Crippen molar-refractivity contribution >= 4 is 11.9 Å². The average molecular weight is 1100 g/mol. The van der Waals surface area contributed by atoms with E-state index in [-0.39, 0.29) is 19.4 Å². The molecule has 0 spiro atoms. The zero-order valence-corrected chi connectivity index (χ0v) is 49.4. The number of aliphatic hydroxyl groups is 5. The molecule has 0 aromatic rings. The van der Waals surface area contributed by atoms with E-state index in [1.165, 1.54) is 51.4 Å². The fraction of sp³-hybridized carbons (Fsp3) is 0.647. The van der Waals surface area contributed by atoms with Gasteiger partial charge in [0.05, 0.1) is 25.4 Å². The highest BCUT2D eigenvalue weighted by atomic mass is 16.7. The van der Waals surface area contributed by atoms with Crippen LogP contribution in [0.5, 0.6) is 0 Å². The quantitative estimate of drug-likeness (QED) is 0.0195. The van der Waals surface area contributed by atoms with Gasteiger partial charge < -0.3 is 45.1 Å². The Kier molecular flexibility index (Phi) is 50.1. The molecular formula is C68H111NO10. The highest BCUT2D eigenvalue weighted by Crippen LogP contribution is 2.26. The van der Waals surface area contributed by atoms with E-state index in [9.17, 15) is 35.1 Å². The normalized spacial score (nSPS) is 19.8. The smallest absolute Gasteiger partial charge is 0.306 e. The number of nitrogens with one attached hydrogen (secondary N) is 1. The van der Waals surface area contributed by atoms with Gasteiger partial charge in [0.15, 0.2) is 12.4 Å². The summed E-state index contributed by atoms with van der Waals surface area (Å²) < 4.78 is 17.5. The van der Waals surface area contributed by atoms with E-state index >= 15 is 0 Å². The lowest BCUT2D eigenvalue weighted by Gasteiger charge is -2.41.